The zero-order chi connectivity index (χ0) is 22.6. The van der Waals surface area contributed by atoms with Crippen molar-refractivity contribution < 1.29 is 9.13 Å². The van der Waals surface area contributed by atoms with Gasteiger partial charge in [0.15, 0.2) is 0 Å². The molecule has 1 saturated carbocycles. The van der Waals surface area contributed by atoms with Gasteiger partial charge in [0.25, 0.3) is 0 Å². The summed E-state index contributed by atoms with van der Waals surface area (Å²) < 4.78 is 20.1. The number of hydrogen-bond donors (Lipinski definition) is 2. The molecule has 0 spiro atoms. The van der Waals surface area contributed by atoms with Crippen molar-refractivity contribution in [1.29, 1.82) is 0 Å². The Morgan fingerprint density at radius 2 is 2.13 bits per heavy atom. The predicted molar refractivity (Wildman–Crippen MR) is 125 cm³/mol. The summed E-state index contributed by atoms with van der Waals surface area (Å²) in [7, 11) is 4.11. The fourth-order valence-electron chi connectivity index (χ4n) is 3.49. The van der Waals surface area contributed by atoms with Crippen LogP contribution in [-0.2, 0) is 6.54 Å². The largest absolute Gasteiger partial charge is 0.474 e. The number of alkyl halides is 1. The zero-order valence-electron chi connectivity index (χ0n) is 19.7. The standard InChI is InChI=1S/C25H37FN4O/c1-17(2)25(4,26)16-31-24-18(3)11-20(14-29-24)13-28-15-21-22(27-5)9-10-30(6)23(21)12-19-7-8-19/h9-12,14-15,17,22-23,27-28H,7-8,13,16H2,1-6H3/b21-15+. The second-order valence-corrected chi connectivity index (χ2v) is 9.26. The summed E-state index contributed by atoms with van der Waals surface area (Å²) in [5.41, 5.74) is 3.43. The molecule has 1 aromatic rings. The Bertz CT molecular complexity index is 853. The van der Waals surface area contributed by atoms with E-state index in [1.165, 1.54) is 24.0 Å². The van der Waals surface area contributed by atoms with E-state index in [-0.39, 0.29) is 24.6 Å². The molecule has 6 heteroatoms. The fourth-order valence-corrected chi connectivity index (χ4v) is 3.49. The maximum atomic E-state index is 14.5. The van der Waals surface area contributed by atoms with Crippen LogP contribution >= 0.6 is 0 Å². The Balaban J connectivity index is 1.64. The van der Waals surface area contributed by atoms with Crippen LogP contribution in [0, 0.1) is 12.8 Å². The fraction of sp³-hybridized carbons (Fsp3) is 0.560. The number of ether oxygens (including phenoxy) is 1. The maximum Gasteiger partial charge on any atom is 0.216 e. The number of allylic oxidation sites excluding steroid dienone is 1. The number of nitrogens with zero attached hydrogens (tertiary/aromatic N) is 2. The van der Waals surface area contributed by atoms with Crippen molar-refractivity contribution >= 4 is 0 Å². The highest BCUT2D eigenvalue weighted by molar-refractivity contribution is 5.35. The van der Waals surface area contributed by atoms with Gasteiger partial charge in [-0.05, 0) is 69.1 Å². The topological polar surface area (TPSA) is 49.4 Å². The monoisotopic (exact) mass is 428 g/mol. The molecule has 3 rings (SSSR count). The third-order valence-corrected chi connectivity index (χ3v) is 6.25. The van der Waals surface area contributed by atoms with E-state index in [4.69, 9.17) is 4.74 Å². The number of hydrogen-bond acceptors (Lipinski definition) is 5. The number of halogens is 1. The van der Waals surface area contributed by atoms with Crippen LogP contribution in [0.4, 0.5) is 4.39 Å². The van der Waals surface area contributed by atoms with Gasteiger partial charge in [0.2, 0.25) is 5.88 Å². The van der Waals surface area contributed by atoms with Gasteiger partial charge in [-0.25, -0.2) is 9.37 Å². The molecule has 0 bridgehead atoms. The molecule has 1 aliphatic heterocycles. The summed E-state index contributed by atoms with van der Waals surface area (Å²) in [4.78, 5) is 6.67. The van der Waals surface area contributed by atoms with Crippen molar-refractivity contribution in [2.75, 3.05) is 20.7 Å². The molecule has 0 amide bonds. The summed E-state index contributed by atoms with van der Waals surface area (Å²) in [6, 6.07) is 2.51. The molecule has 1 aliphatic carbocycles. The predicted octanol–water partition coefficient (Wildman–Crippen LogP) is 4.26. The normalized spacial score (nSPS) is 23.8. The Morgan fingerprint density at radius 3 is 2.74 bits per heavy atom. The van der Waals surface area contributed by atoms with Crippen LogP contribution in [0.5, 0.6) is 5.88 Å². The molecule has 1 fully saturated rings. The van der Waals surface area contributed by atoms with Crippen molar-refractivity contribution in [2.24, 2.45) is 5.92 Å². The lowest BCUT2D eigenvalue weighted by Crippen LogP contribution is -2.41. The SMILES string of the molecule is CNC1C=CN(C)C(C=C2CC2)/C1=C/NCc1cnc(OCC(C)(F)C(C)C)c(C)c1. The van der Waals surface area contributed by atoms with E-state index >= 15 is 0 Å². The van der Waals surface area contributed by atoms with Crippen LogP contribution in [0.25, 0.3) is 0 Å². The minimum Gasteiger partial charge on any atom is -0.474 e. The van der Waals surface area contributed by atoms with E-state index in [0.29, 0.717) is 12.4 Å². The van der Waals surface area contributed by atoms with Crippen LogP contribution in [-0.4, -0.2) is 48.3 Å². The van der Waals surface area contributed by atoms with Crippen molar-refractivity contribution in [3.63, 3.8) is 0 Å². The average Bonchev–Trinajstić information content (AvgIpc) is 3.54. The van der Waals surface area contributed by atoms with E-state index in [9.17, 15) is 4.39 Å². The van der Waals surface area contributed by atoms with Gasteiger partial charge in [-0.1, -0.05) is 25.5 Å². The van der Waals surface area contributed by atoms with Crippen LogP contribution in [0.3, 0.4) is 0 Å². The summed E-state index contributed by atoms with van der Waals surface area (Å²) in [5.74, 6) is 0.385. The van der Waals surface area contributed by atoms with Gasteiger partial charge in [-0.3, -0.25) is 0 Å². The first-order valence-electron chi connectivity index (χ1n) is 11.2. The van der Waals surface area contributed by atoms with Gasteiger partial charge in [0.05, 0.1) is 12.1 Å². The molecule has 0 radical (unpaired) electrons. The molecule has 2 heterocycles. The van der Waals surface area contributed by atoms with Crippen molar-refractivity contribution in [3.8, 4) is 5.88 Å². The van der Waals surface area contributed by atoms with Crippen LogP contribution < -0.4 is 15.4 Å². The van der Waals surface area contributed by atoms with Gasteiger partial charge in [0, 0.05) is 31.6 Å². The Kier molecular flexibility index (Phi) is 7.42. The first-order valence-corrected chi connectivity index (χ1v) is 11.2. The highest BCUT2D eigenvalue weighted by Gasteiger charge is 2.29. The molecule has 31 heavy (non-hydrogen) atoms. The van der Waals surface area contributed by atoms with E-state index in [1.54, 1.807) is 13.1 Å². The molecular formula is C25H37FN4O. The number of rotatable bonds is 9. The Morgan fingerprint density at radius 1 is 1.39 bits per heavy atom. The van der Waals surface area contributed by atoms with Gasteiger partial charge >= 0.3 is 0 Å². The molecule has 2 aliphatic rings. The number of pyridine rings is 1. The lowest BCUT2D eigenvalue weighted by molar-refractivity contribution is 0.0555. The molecule has 1 aromatic heterocycles. The maximum absolute atomic E-state index is 14.5. The smallest absolute Gasteiger partial charge is 0.216 e. The lowest BCUT2D eigenvalue weighted by atomic mass is 9.95. The highest BCUT2D eigenvalue weighted by atomic mass is 19.1. The molecular weight excluding hydrogens is 391 g/mol. The van der Waals surface area contributed by atoms with Gasteiger partial charge in [-0.2, -0.15) is 0 Å². The lowest BCUT2D eigenvalue weighted by Gasteiger charge is -2.35. The molecule has 3 unspecified atom stereocenters. The summed E-state index contributed by atoms with van der Waals surface area (Å²) in [6.45, 7) is 7.91. The average molecular weight is 429 g/mol. The van der Waals surface area contributed by atoms with Crippen LogP contribution in [0.1, 0.15) is 44.7 Å². The summed E-state index contributed by atoms with van der Waals surface area (Å²) in [5, 5.41) is 6.85. The van der Waals surface area contributed by atoms with E-state index in [0.717, 1.165) is 11.1 Å². The van der Waals surface area contributed by atoms with Gasteiger partial charge < -0.3 is 20.3 Å². The van der Waals surface area contributed by atoms with Crippen LogP contribution in [0.2, 0.25) is 0 Å². The number of aromatic nitrogens is 1. The first kappa shape index (κ1) is 23.3. The zero-order valence-corrected chi connectivity index (χ0v) is 19.7. The highest BCUT2D eigenvalue weighted by Crippen LogP contribution is 2.32. The number of nitrogens with one attached hydrogen (secondary N) is 2. The third-order valence-electron chi connectivity index (χ3n) is 6.25. The molecule has 0 aromatic carbocycles. The minimum atomic E-state index is -1.38. The summed E-state index contributed by atoms with van der Waals surface area (Å²) >= 11 is 0. The van der Waals surface area contributed by atoms with Crippen molar-refractivity contribution in [3.05, 3.63) is 59.1 Å². The second kappa shape index (κ2) is 9.86. The van der Waals surface area contributed by atoms with Crippen molar-refractivity contribution in [2.45, 2.75) is 64.8 Å². The van der Waals surface area contributed by atoms with E-state index in [2.05, 4.69) is 52.1 Å². The third kappa shape index (κ3) is 6.10. The van der Waals surface area contributed by atoms with E-state index in [1.807, 2.05) is 33.9 Å². The Labute approximate surface area is 186 Å². The Hall–Kier alpha value is -2.34. The van der Waals surface area contributed by atoms with Crippen molar-refractivity contribution in [1.82, 2.24) is 20.5 Å². The minimum absolute atomic E-state index is 0.00549. The molecule has 3 atom stereocenters. The molecule has 5 nitrogen and oxygen atoms in total. The van der Waals surface area contributed by atoms with Gasteiger partial charge in [0.1, 0.15) is 12.3 Å². The second-order valence-electron chi connectivity index (χ2n) is 9.26. The van der Waals surface area contributed by atoms with E-state index < -0.39 is 5.67 Å². The van der Waals surface area contributed by atoms with Crippen LogP contribution in [0.15, 0.2) is 48.0 Å². The van der Waals surface area contributed by atoms with Gasteiger partial charge in [-0.15, -0.1) is 0 Å². The number of aryl methyl sites for hydroxylation is 1. The summed E-state index contributed by atoms with van der Waals surface area (Å²) in [6.07, 6.45) is 13.1. The molecule has 170 valence electrons. The number of likely N-dealkylation sites (N-methyl/N-ethyl adjacent to an activating group) is 2. The quantitative estimate of drug-likeness (QED) is 0.576. The molecule has 0 saturated heterocycles. The molecule has 2 N–H and O–H groups in total. The first-order chi connectivity index (χ1) is 14.7.